The molecular weight excluding hydrogens is 184 g/mol. The van der Waals surface area contributed by atoms with Gasteiger partial charge in [-0.25, -0.2) is 0 Å². The number of aryl methyl sites for hydroxylation is 1. The SMILES string of the molecule is CCCCNCc1ccc(CCC)n1C. The van der Waals surface area contributed by atoms with Gasteiger partial charge in [-0.3, -0.25) is 0 Å². The Balaban J connectivity index is 2.40. The Kier molecular flexibility index (Phi) is 5.48. The van der Waals surface area contributed by atoms with Crippen LogP contribution in [0.15, 0.2) is 12.1 Å². The molecule has 0 aliphatic carbocycles. The van der Waals surface area contributed by atoms with Gasteiger partial charge in [-0.2, -0.15) is 0 Å². The zero-order chi connectivity index (χ0) is 11.1. The van der Waals surface area contributed by atoms with Crippen LogP contribution in [0.1, 0.15) is 44.5 Å². The largest absolute Gasteiger partial charge is 0.350 e. The fourth-order valence-electron chi connectivity index (χ4n) is 1.80. The van der Waals surface area contributed by atoms with E-state index in [0.29, 0.717) is 0 Å². The topological polar surface area (TPSA) is 17.0 Å². The van der Waals surface area contributed by atoms with Gasteiger partial charge in [0.1, 0.15) is 0 Å². The zero-order valence-corrected chi connectivity index (χ0v) is 10.3. The van der Waals surface area contributed by atoms with Crippen LogP contribution in [0.3, 0.4) is 0 Å². The average molecular weight is 208 g/mol. The molecule has 2 nitrogen and oxygen atoms in total. The van der Waals surface area contributed by atoms with Crippen LogP contribution in [0.5, 0.6) is 0 Å². The van der Waals surface area contributed by atoms with Gasteiger partial charge in [0.2, 0.25) is 0 Å². The van der Waals surface area contributed by atoms with Crippen molar-refractivity contribution in [1.82, 2.24) is 9.88 Å². The quantitative estimate of drug-likeness (QED) is 0.682. The van der Waals surface area contributed by atoms with E-state index >= 15 is 0 Å². The molecule has 0 spiro atoms. The number of rotatable bonds is 7. The van der Waals surface area contributed by atoms with Gasteiger partial charge in [-0.15, -0.1) is 0 Å². The summed E-state index contributed by atoms with van der Waals surface area (Å²) in [7, 11) is 2.17. The molecule has 0 saturated carbocycles. The molecule has 1 aromatic heterocycles. The molecule has 15 heavy (non-hydrogen) atoms. The van der Waals surface area contributed by atoms with Crippen LogP contribution in [0, 0.1) is 0 Å². The molecule has 0 atom stereocenters. The van der Waals surface area contributed by atoms with Gasteiger partial charge in [0, 0.05) is 25.0 Å². The number of unbranched alkanes of at least 4 members (excludes halogenated alkanes) is 1. The summed E-state index contributed by atoms with van der Waals surface area (Å²) >= 11 is 0. The summed E-state index contributed by atoms with van der Waals surface area (Å²) in [5.74, 6) is 0. The van der Waals surface area contributed by atoms with Crippen molar-refractivity contribution < 1.29 is 0 Å². The van der Waals surface area contributed by atoms with E-state index in [0.717, 1.165) is 13.1 Å². The van der Waals surface area contributed by atoms with Gasteiger partial charge in [0.25, 0.3) is 0 Å². The van der Waals surface area contributed by atoms with Crippen LogP contribution in [-0.2, 0) is 20.0 Å². The minimum Gasteiger partial charge on any atom is -0.350 e. The first kappa shape index (κ1) is 12.3. The molecule has 2 heteroatoms. The molecule has 0 saturated heterocycles. The minimum atomic E-state index is 1.00. The molecule has 0 aromatic carbocycles. The van der Waals surface area contributed by atoms with Crippen LogP contribution >= 0.6 is 0 Å². The molecule has 0 aliphatic rings. The summed E-state index contributed by atoms with van der Waals surface area (Å²) in [4.78, 5) is 0. The lowest BCUT2D eigenvalue weighted by molar-refractivity contribution is 0.613. The van der Waals surface area contributed by atoms with Crippen molar-refractivity contribution >= 4 is 0 Å². The first-order valence-corrected chi connectivity index (χ1v) is 6.13. The van der Waals surface area contributed by atoms with Gasteiger partial charge in [-0.05, 0) is 31.5 Å². The van der Waals surface area contributed by atoms with E-state index in [1.807, 2.05) is 0 Å². The Morgan fingerprint density at radius 3 is 2.53 bits per heavy atom. The Bertz CT molecular complexity index is 276. The van der Waals surface area contributed by atoms with Crippen molar-refractivity contribution in [3.63, 3.8) is 0 Å². The minimum absolute atomic E-state index is 1.00. The molecule has 0 aliphatic heterocycles. The van der Waals surface area contributed by atoms with Gasteiger partial charge < -0.3 is 9.88 Å². The molecule has 1 heterocycles. The highest BCUT2D eigenvalue weighted by Gasteiger charge is 2.02. The predicted molar refractivity (Wildman–Crippen MR) is 66.0 cm³/mol. The first-order valence-electron chi connectivity index (χ1n) is 6.13. The lowest BCUT2D eigenvalue weighted by Crippen LogP contribution is -2.16. The number of hydrogen-bond donors (Lipinski definition) is 1. The lowest BCUT2D eigenvalue weighted by atomic mass is 10.2. The van der Waals surface area contributed by atoms with E-state index in [9.17, 15) is 0 Å². The second kappa shape index (κ2) is 6.67. The van der Waals surface area contributed by atoms with Gasteiger partial charge in [-0.1, -0.05) is 26.7 Å². The van der Waals surface area contributed by atoms with Crippen molar-refractivity contribution in [1.29, 1.82) is 0 Å². The van der Waals surface area contributed by atoms with Crippen LogP contribution in [0.2, 0.25) is 0 Å². The lowest BCUT2D eigenvalue weighted by Gasteiger charge is -2.08. The van der Waals surface area contributed by atoms with Crippen LogP contribution < -0.4 is 5.32 Å². The number of hydrogen-bond acceptors (Lipinski definition) is 1. The molecule has 86 valence electrons. The predicted octanol–water partition coefficient (Wildman–Crippen LogP) is 2.87. The number of aromatic nitrogens is 1. The van der Waals surface area contributed by atoms with Gasteiger partial charge in [0.05, 0.1) is 0 Å². The Morgan fingerprint density at radius 2 is 1.87 bits per heavy atom. The highest BCUT2D eigenvalue weighted by atomic mass is 15.0. The first-order chi connectivity index (χ1) is 7.29. The summed E-state index contributed by atoms with van der Waals surface area (Å²) in [6.07, 6.45) is 4.94. The molecular formula is C13H24N2. The molecule has 1 aromatic rings. The fraction of sp³-hybridized carbons (Fsp3) is 0.692. The maximum Gasteiger partial charge on any atom is 0.0359 e. The third kappa shape index (κ3) is 3.71. The summed E-state index contributed by atoms with van der Waals surface area (Å²) in [6.45, 7) is 6.58. The van der Waals surface area contributed by atoms with Crippen molar-refractivity contribution in [2.75, 3.05) is 6.54 Å². The monoisotopic (exact) mass is 208 g/mol. The number of nitrogens with one attached hydrogen (secondary N) is 1. The Labute approximate surface area is 93.7 Å². The Hall–Kier alpha value is -0.760. The molecule has 1 rings (SSSR count). The summed E-state index contributed by atoms with van der Waals surface area (Å²) in [6, 6.07) is 4.49. The van der Waals surface area contributed by atoms with Crippen LogP contribution in [0.25, 0.3) is 0 Å². The maximum absolute atomic E-state index is 3.48. The van der Waals surface area contributed by atoms with E-state index in [2.05, 4.69) is 42.9 Å². The molecule has 0 amide bonds. The van der Waals surface area contributed by atoms with Crippen molar-refractivity contribution in [3.05, 3.63) is 23.5 Å². The van der Waals surface area contributed by atoms with Gasteiger partial charge in [0.15, 0.2) is 0 Å². The molecule has 0 fully saturated rings. The molecule has 0 unspecified atom stereocenters. The molecule has 0 radical (unpaired) electrons. The van der Waals surface area contributed by atoms with E-state index < -0.39 is 0 Å². The third-order valence-corrected chi connectivity index (χ3v) is 2.85. The normalized spacial score (nSPS) is 10.9. The second-order valence-corrected chi connectivity index (χ2v) is 4.16. The van der Waals surface area contributed by atoms with Crippen LogP contribution in [0.4, 0.5) is 0 Å². The third-order valence-electron chi connectivity index (χ3n) is 2.85. The smallest absolute Gasteiger partial charge is 0.0359 e. The second-order valence-electron chi connectivity index (χ2n) is 4.16. The van der Waals surface area contributed by atoms with E-state index in [1.54, 1.807) is 0 Å². The highest BCUT2D eigenvalue weighted by Crippen LogP contribution is 2.09. The van der Waals surface area contributed by atoms with Crippen molar-refractivity contribution in [2.24, 2.45) is 7.05 Å². The summed E-state index contributed by atoms with van der Waals surface area (Å²) in [5, 5.41) is 3.48. The molecule has 0 bridgehead atoms. The summed E-state index contributed by atoms with van der Waals surface area (Å²) in [5.41, 5.74) is 2.85. The molecule has 1 N–H and O–H groups in total. The number of nitrogens with zero attached hydrogens (tertiary/aromatic N) is 1. The van der Waals surface area contributed by atoms with Crippen LogP contribution in [-0.4, -0.2) is 11.1 Å². The van der Waals surface area contributed by atoms with E-state index in [-0.39, 0.29) is 0 Å². The Morgan fingerprint density at radius 1 is 1.13 bits per heavy atom. The van der Waals surface area contributed by atoms with Crippen molar-refractivity contribution in [2.45, 2.75) is 46.1 Å². The highest BCUT2D eigenvalue weighted by molar-refractivity contribution is 5.16. The van der Waals surface area contributed by atoms with Crippen molar-refractivity contribution in [3.8, 4) is 0 Å². The maximum atomic E-state index is 3.48. The summed E-state index contributed by atoms with van der Waals surface area (Å²) < 4.78 is 2.32. The standard InChI is InChI=1S/C13H24N2/c1-4-6-10-14-11-13-9-8-12(7-5-2)15(13)3/h8-9,14H,4-7,10-11H2,1-3H3. The van der Waals surface area contributed by atoms with E-state index in [1.165, 1.54) is 37.1 Å². The van der Waals surface area contributed by atoms with E-state index in [4.69, 9.17) is 0 Å². The van der Waals surface area contributed by atoms with Gasteiger partial charge >= 0.3 is 0 Å². The fourth-order valence-corrected chi connectivity index (χ4v) is 1.80. The zero-order valence-electron chi connectivity index (χ0n) is 10.3. The average Bonchev–Trinajstić information content (AvgIpc) is 2.57.